The zero-order valence-electron chi connectivity index (χ0n) is 12.5. The largest absolute Gasteiger partial charge is 0.329 e. The first-order valence-corrected chi connectivity index (χ1v) is 7.26. The smallest absolute Gasteiger partial charge is 0.126 e. The van der Waals surface area contributed by atoms with Gasteiger partial charge in [-0.2, -0.15) is 0 Å². The molecule has 2 N–H and O–H groups in total. The molecule has 0 aliphatic rings. The molecule has 0 spiro atoms. The van der Waals surface area contributed by atoms with Crippen molar-refractivity contribution < 1.29 is 4.39 Å². The minimum absolute atomic E-state index is 0.130. The van der Waals surface area contributed by atoms with E-state index in [0.717, 1.165) is 31.5 Å². The molecule has 0 saturated heterocycles. The third-order valence-electron chi connectivity index (χ3n) is 3.72. The second kappa shape index (κ2) is 7.61. The lowest BCUT2D eigenvalue weighted by atomic mass is 9.90. The van der Waals surface area contributed by atoms with Gasteiger partial charge in [-0.15, -0.1) is 0 Å². The Balaban J connectivity index is 2.92. The van der Waals surface area contributed by atoms with Gasteiger partial charge in [0.1, 0.15) is 5.82 Å². The number of benzene rings is 1. The topological polar surface area (TPSA) is 29.3 Å². The van der Waals surface area contributed by atoms with Crippen LogP contribution in [0.4, 0.5) is 4.39 Å². The number of nitrogens with zero attached hydrogens (tertiary/aromatic N) is 1. The molecular formula is C16H27FN2. The second-order valence-corrected chi connectivity index (χ2v) is 5.46. The monoisotopic (exact) mass is 266 g/mol. The minimum Gasteiger partial charge on any atom is -0.329 e. The van der Waals surface area contributed by atoms with Gasteiger partial charge < -0.3 is 5.73 Å². The molecule has 0 aliphatic carbocycles. The Hall–Kier alpha value is -0.930. The van der Waals surface area contributed by atoms with E-state index in [-0.39, 0.29) is 11.4 Å². The van der Waals surface area contributed by atoms with Crippen LogP contribution in [0.2, 0.25) is 0 Å². The van der Waals surface area contributed by atoms with Crippen molar-refractivity contribution in [3.05, 3.63) is 35.6 Å². The van der Waals surface area contributed by atoms with Crippen LogP contribution >= 0.6 is 0 Å². The summed E-state index contributed by atoms with van der Waals surface area (Å²) in [5.74, 6) is -0.130. The lowest BCUT2D eigenvalue weighted by molar-refractivity contribution is 0.109. The van der Waals surface area contributed by atoms with Gasteiger partial charge in [-0.25, -0.2) is 4.39 Å². The van der Waals surface area contributed by atoms with Crippen molar-refractivity contribution in [3.63, 3.8) is 0 Å². The van der Waals surface area contributed by atoms with Crippen LogP contribution in [0.15, 0.2) is 24.3 Å². The third-order valence-corrected chi connectivity index (χ3v) is 3.72. The second-order valence-electron chi connectivity index (χ2n) is 5.46. The van der Waals surface area contributed by atoms with Gasteiger partial charge in [0.15, 0.2) is 0 Å². The van der Waals surface area contributed by atoms with Crippen LogP contribution in [0.1, 0.15) is 39.2 Å². The lowest BCUT2D eigenvalue weighted by Gasteiger charge is -2.41. The molecule has 2 nitrogen and oxygen atoms in total. The molecule has 1 rings (SSSR count). The predicted octanol–water partition coefficient (Wildman–Crippen LogP) is 3.21. The molecule has 0 aromatic heterocycles. The van der Waals surface area contributed by atoms with E-state index in [1.165, 1.54) is 6.07 Å². The maximum atomic E-state index is 13.8. The Kier molecular flexibility index (Phi) is 6.46. The Morgan fingerprint density at radius 2 is 1.74 bits per heavy atom. The van der Waals surface area contributed by atoms with Crippen LogP contribution in [-0.4, -0.2) is 30.1 Å². The van der Waals surface area contributed by atoms with Gasteiger partial charge in [0.05, 0.1) is 0 Å². The van der Waals surface area contributed by atoms with Crippen molar-refractivity contribution >= 4 is 0 Å². The van der Waals surface area contributed by atoms with Crippen molar-refractivity contribution in [1.82, 2.24) is 4.90 Å². The zero-order chi connectivity index (χ0) is 14.3. The molecule has 3 heteroatoms. The maximum absolute atomic E-state index is 13.8. The highest BCUT2D eigenvalue weighted by Crippen LogP contribution is 2.22. The fraction of sp³-hybridized carbons (Fsp3) is 0.625. The van der Waals surface area contributed by atoms with Crippen LogP contribution in [0.5, 0.6) is 0 Å². The van der Waals surface area contributed by atoms with E-state index in [4.69, 9.17) is 5.73 Å². The first-order chi connectivity index (χ1) is 9.07. The Morgan fingerprint density at radius 1 is 1.16 bits per heavy atom. The minimum atomic E-state index is -0.172. The average molecular weight is 266 g/mol. The van der Waals surface area contributed by atoms with Gasteiger partial charge in [0, 0.05) is 12.1 Å². The van der Waals surface area contributed by atoms with Crippen molar-refractivity contribution in [1.29, 1.82) is 0 Å². The fourth-order valence-electron chi connectivity index (χ4n) is 2.56. The first kappa shape index (κ1) is 16.1. The fourth-order valence-corrected chi connectivity index (χ4v) is 2.56. The Labute approximate surface area is 116 Å². The van der Waals surface area contributed by atoms with Crippen molar-refractivity contribution in [2.45, 2.75) is 45.6 Å². The van der Waals surface area contributed by atoms with Gasteiger partial charge in [-0.05, 0) is 50.9 Å². The Morgan fingerprint density at radius 3 is 2.21 bits per heavy atom. The van der Waals surface area contributed by atoms with E-state index in [1.807, 2.05) is 12.1 Å². The highest BCUT2D eigenvalue weighted by Gasteiger charge is 2.30. The average Bonchev–Trinajstić information content (AvgIpc) is 2.41. The highest BCUT2D eigenvalue weighted by molar-refractivity contribution is 5.20. The summed E-state index contributed by atoms with van der Waals surface area (Å²) in [4.78, 5) is 2.40. The van der Waals surface area contributed by atoms with Crippen LogP contribution in [0, 0.1) is 5.82 Å². The molecule has 0 radical (unpaired) electrons. The van der Waals surface area contributed by atoms with Crippen molar-refractivity contribution in [2.75, 3.05) is 19.6 Å². The van der Waals surface area contributed by atoms with Crippen LogP contribution in [0.3, 0.4) is 0 Å². The van der Waals surface area contributed by atoms with Gasteiger partial charge in [-0.3, -0.25) is 4.90 Å². The summed E-state index contributed by atoms with van der Waals surface area (Å²) < 4.78 is 13.8. The quantitative estimate of drug-likeness (QED) is 0.783. The number of halogens is 1. The van der Waals surface area contributed by atoms with Crippen LogP contribution < -0.4 is 5.73 Å². The van der Waals surface area contributed by atoms with E-state index < -0.39 is 0 Å². The van der Waals surface area contributed by atoms with Gasteiger partial charge in [0.2, 0.25) is 0 Å². The molecule has 0 fully saturated rings. The molecule has 19 heavy (non-hydrogen) atoms. The van der Waals surface area contributed by atoms with E-state index in [9.17, 15) is 4.39 Å². The SMILES string of the molecule is CCCN(CCC)C(C)(CN)Cc1ccccc1F. The molecule has 0 heterocycles. The first-order valence-electron chi connectivity index (χ1n) is 7.26. The molecule has 1 aromatic rings. The molecule has 1 unspecified atom stereocenters. The third kappa shape index (κ3) is 4.29. The molecular weight excluding hydrogens is 239 g/mol. The molecule has 0 amide bonds. The van der Waals surface area contributed by atoms with E-state index >= 15 is 0 Å². The Bertz CT molecular complexity index is 375. The van der Waals surface area contributed by atoms with E-state index in [0.29, 0.717) is 13.0 Å². The number of rotatable bonds is 8. The number of hydrogen-bond donors (Lipinski definition) is 1. The van der Waals surface area contributed by atoms with Gasteiger partial charge >= 0.3 is 0 Å². The summed E-state index contributed by atoms with van der Waals surface area (Å²) in [6.07, 6.45) is 2.84. The number of nitrogens with two attached hydrogens (primary N) is 1. The standard InChI is InChI=1S/C16H27FN2/c1-4-10-19(11-5-2)16(3,13-18)12-14-8-6-7-9-15(14)17/h6-9H,4-5,10-13,18H2,1-3H3. The maximum Gasteiger partial charge on any atom is 0.126 e. The number of hydrogen-bond acceptors (Lipinski definition) is 2. The van der Waals surface area contributed by atoms with E-state index in [2.05, 4.69) is 25.7 Å². The predicted molar refractivity (Wildman–Crippen MR) is 79.7 cm³/mol. The van der Waals surface area contributed by atoms with Gasteiger partial charge in [-0.1, -0.05) is 32.0 Å². The molecule has 0 aliphatic heterocycles. The summed E-state index contributed by atoms with van der Waals surface area (Å²) in [6.45, 7) is 9.05. The highest BCUT2D eigenvalue weighted by atomic mass is 19.1. The molecule has 1 atom stereocenters. The molecule has 0 bridgehead atoms. The summed E-state index contributed by atoms with van der Waals surface area (Å²) >= 11 is 0. The van der Waals surface area contributed by atoms with Gasteiger partial charge in [0.25, 0.3) is 0 Å². The van der Waals surface area contributed by atoms with E-state index in [1.54, 1.807) is 6.07 Å². The lowest BCUT2D eigenvalue weighted by Crippen LogP contribution is -2.53. The normalized spacial score (nSPS) is 14.6. The summed E-state index contributed by atoms with van der Waals surface area (Å²) in [7, 11) is 0. The summed E-state index contributed by atoms with van der Waals surface area (Å²) in [6, 6.07) is 7.00. The summed E-state index contributed by atoms with van der Waals surface area (Å²) in [5, 5.41) is 0. The molecule has 0 saturated carbocycles. The summed E-state index contributed by atoms with van der Waals surface area (Å²) in [5.41, 5.74) is 6.59. The molecule has 108 valence electrons. The van der Waals surface area contributed by atoms with Crippen molar-refractivity contribution in [2.24, 2.45) is 5.73 Å². The molecule has 1 aromatic carbocycles. The van der Waals surface area contributed by atoms with Crippen LogP contribution in [-0.2, 0) is 6.42 Å². The van der Waals surface area contributed by atoms with Crippen molar-refractivity contribution in [3.8, 4) is 0 Å². The zero-order valence-corrected chi connectivity index (χ0v) is 12.5. The van der Waals surface area contributed by atoms with Crippen LogP contribution in [0.25, 0.3) is 0 Å².